The molecule has 122 valence electrons. The Labute approximate surface area is 129 Å². The molecule has 1 aliphatic heterocycles. The molecule has 0 saturated carbocycles. The monoisotopic (exact) mass is 325 g/mol. The number of halogens is 3. The first-order valence-corrected chi connectivity index (χ1v) is 7.02. The molecule has 1 N–H and O–H groups in total. The van der Waals surface area contributed by atoms with Crippen LogP contribution >= 0.6 is 0 Å². The highest BCUT2D eigenvalue weighted by molar-refractivity contribution is 5.66. The molecule has 5 nitrogen and oxygen atoms in total. The molecule has 0 spiro atoms. The molecule has 0 aliphatic carbocycles. The summed E-state index contributed by atoms with van der Waals surface area (Å²) >= 11 is 0. The average molecular weight is 325 g/mol. The van der Waals surface area contributed by atoms with E-state index in [1.165, 1.54) is 17.0 Å². The molecule has 1 unspecified atom stereocenters. The lowest BCUT2D eigenvalue weighted by molar-refractivity contribution is -0.137. The minimum absolute atomic E-state index is 0.331. The molecule has 0 fully saturated rings. The first kappa shape index (κ1) is 15.4. The Morgan fingerprint density at radius 3 is 2.48 bits per heavy atom. The molecular formula is C15H14F3N3O2. The van der Waals surface area contributed by atoms with Crippen LogP contribution in [0, 0.1) is 0 Å². The van der Waals surface area contributed by atoms with E-state index in [-0.39, 0.29) is 6.04 Å². The third-order valence-electron chi connectivity index (χ3n) is 4.01. The maximum atomic E-state index is 12.6. The number of aromatic nitrogens is 2. The van der Waals surface area contributed by atoms with Crippen molar-refractivity contribution < 1.29 is 23.1 Å². The molecule has 1 atom stereocenters. The smallest absolute Gasteiger partial charge is 0.416 e. The predicted octanol–water partition coefficient (Wildman–Crippen LogP) is 3.62. The van der Waals surface area contributed by atoms with Gasteiger partial charge in [0.15, 0.2) is 0 Å². The number of rotatable bonds is 1. The Hall–Kier alpha value is -2.51. The molecule has 1 aromatic heterocycles. The summed E-state index contributed by atoms with van der Waals surface area (Å²) in [5.74, 6) is 0. The SMILES string of the molecule is CC1c2cc(-c3ccc(C(F)(F)F)cc3)nn2CCN1C(=O)O. The van der Waals surface area contributed by atoms with Gasteiger partial charge in [0, 0.05) is 12.1 Å². The lowest BCUT2D eigenvalue weighted by atomic mass is 10.1. The van der Waals surface area contributed by atoms with Crippen molar-refractivity contribution in [3.05, 3.63) is 41.6 Å². The number of fused-ring (bicyclic) bond motifs is 1. The number of benzene rings is 1. The van der Waals surface area contributed by atoms with Gasteiger partial charge in [0.1, 0.15) is 0 Å². The van der Waals surface area contributed by atoms with Gasteiger partial charge in [0.25, 0.3) is 0 Å². The number of amides is 1. The highest BCUT2D eigenvalue weighted by Crippen LogP contribution is 2.32. The Kier molecular flexibility index (Phi) is 3.54. The van der Waals surface area contributed by atoms with Gasteiger partial charge in [-0.25, -0.2) is 4.79 Å². The topological polar surface area (TPSA) is 58.4 Å². The van der Waals surface area contributed by atoms with E-state index in [1.54, 1.807) is 17.7 Å². The van der Waals surface area contributed by atoms with E-state index in [1.807, 2.05) is 0 Å². The van der Waals surface area contributed by atoms with Crippen LogP contribution < -0.4 is 0 Å². The summed E-state index contributed by atoms with van der Waals surface area (Å²) in [6.07, 6.45) is -5.37. The van der Waals surface area contributed by atoms with Gasteiger partial charge in [-0.3, -0.25) is 9.58 Å². The second-order valence-electron chi connectivity index (χ2n) is 5.40. The van der Waals surface area contributed by atoms with Crippen LogP contribution in [0.1, 0.15) is 24.2 Å². The van der Waals surface area contributed by atoms with Crippen molar-refractivity contribution in [3.8, 4) is 11.3 Å². The van der Waals surface area contributed by atoms with Gasteiger partial charge >= 0.3 is 12.3 Å². The van der Waals surface area contributed by atoms with Crippen LogP contribution in [0.3, 0.4) is 0 Å². The minimum Gasteiger partial charge on any atom is -0.465 e. The van der Waals surface area contributed by atoms with Crippen molar-refractivity contribution in [2.75, 3.05) is 6.54 Å². The van der Waals surface area contributed by atoms with Crippen LogP contribution in [0.2, 0.25) is 0 Å². The fourth-order valence-electron chi connectivity index (χ4n) is 2.73. The van der Waals surface area contributed by atoms with Gasteiger partial charge in [-0.15, -0.1) is 0 Å². The maximum Gasteiger partial charge on any atom is 0.416 e. The van der Waals surface area contributed by atoms with Crippen molar-refractivity contribution >= 4 is 6.09 Å². The zero-order valence-corrected chi connectivity index (χ0v) is 12.2. The number of carbonyl (C=O) groups is 1. The van der Waals surface area contributed by atoms with Crippen molar-refractivity contribution in [2.45, 2.75) is 25.7 Å². The first-order valence-electron chi connectivity index (χ1n) is 7.02. The summed E-state index contributed by atoms with van der Waals surface area (Å²) in [4.78, 5) is 12.5. The summed E-state index contributed by atoms with van der Waals surface area (Å²) in [5, 5.41) is 13.5. The van der Waals surface area contributed by atoms with E-state index < -0.39 is 17.8 Å². The van der Waals surface area contributed by atoms with Gasteiger partial charge in [-0.1, -0.05) is 12.1 Å². The van der Waals surface area contributed by atoms with Crippen molar-refractivity contribution in [1.82, 2.24) is 14.7 Å². The van der Waals surface area contributed by atoms with Crippen molar-refractivity contribution in [3.63, 3.8) is 0 Å². The lowest BCUT2D eigenvalue weighted by Crippen LogP contribution is -2.40. The van der Waals surface area contributed by atoms with Gasteiger partial charge in [-0.05, 0) is 25.1 Å². The number of carboxylic acid groups (broad SMARTS) is 1. The van der Waals surface area contributed by atoms with E-state index in [0.717, 1.165) is 17.8 Å². The molecule has 8 heteroatoms. The Morgan fingerprint density at radius 1 is 1.26 bits per heavy atom. The van der Waals surface area contributed by atoms with Crippen molar-refractivity contribution in [2.24, 2.45) is 0 Å². The largest absolute Gasteiger partial charge is 0.465 e. The fourth-order valence-corrected chi connectivity index (χ4v) is 2.73. The highest BCUT2D eigenvalue weighted by atomic mass is 19.4. The second-order valence-corrected chi connectivity index (χ2v) is 5.40. The lowest BCUT2D eigenvalue weighted by Gasteiger charge is -2.31. The summed E-state index contributed by atoms with van der Waals surface area (Å²) in [6, 6.07) is 6.15. The van der Waals surface area contributed by atoms with E-state index in [2.05, 4.69) is 5.10 Å². The summed E-state index contributed by atoms with van der Waals surface area (Å²) in [6.45, 7) is 2.52. The van der Waals surface area contributed by atoms with Gasteiger partial charge in [-0.2, -0.15) is 18.3 Å². The van der Waals surface area contributed by atoms with Crippen LogP contribution in [0.5, 0.6) is 0 Å². The molecule has 1 aromatic carbocycles. The average Bonchev–Trinajstić information content (AvgIpc) is 2.91. The Balaban J connectivity index is 1.92. The van der Waals surface area contributed by atoms with Gasteiger partial charge < -0.3 is 5.11 Å². The van der Waals surface area contributed by atoms with Crippen LogP contribution in [0.15, 0.2) is 30.3 Å². The van der Waals surface area contributed by atoms with E-state index in [9.17, 15) is 18.0 Å². The number of alkyl halides is 3. The molecule has 0 saturated heterocycles. The molecule has 1 aliphatic rings. The Bertz CT molecular complexity index is 737. The predicted molar refractivity (Wildman–Crippen MR) is 75.8 cm³/mol. The van der Waals surface area contributed by atoms with Gasteiger partial charge in [0.05, 0.1) is 29.5 Å². The van der Waals surface area contributed by atoms with Crippen LogP contribution in [-0.2, 0) is 12.7 Å². The van der Waals surface area contributed by atoms with E-state index in [4.69, 9.17) is 5.11 Å². The third-order valence-corrected chi connectivity index (χ3v) is 4.01. The quantitative estimate of drug-likeness (QED) is 0.871. The minimum atomic E-state index is -4.37. The fraction of sp³-hybridized carbons (Fsp3) is 0.333. The zero-order valence-electron chi connectivity index (χ0n) is 12.2. The highest BCUT2D eigenvalue weighted by Gasteiger charge is 2.31. The molecule has 0 radical (unpaired) electrons. The third kappa shape index (κ3) is 2.76. The van der Waals surface area contributed by atoms with Crippen LogP contribution in [-0.4, -0.2) is 32.4 Å². The van der Waals surface area contributed by atoms with E-state index >= 15 is 0 Å². The Morgan fingerprint density at radius 2 is 1.91 bits per heavy atom. The first-order chi connectivity index (χ1) is 10.8. The van der Waals surface area contributed by atoms with Crippen molar-refractivity contribution in [1.29, 1.82) is 0 Å². The molecule has 0 bridgehead atoms. The zero-order chi connectivity index (χ0) is 16.8. The van der Waals surface area contributed by atoms with E-state index in [0.29, 0.717) is 24.3 Å². The summed E-state index contributed by atoms with van der Waals surface area (Å²) < 4.78 is 39.5. The normalized spacial score (nSPS) is 17.9. The number of hydrogen-bond donors (Lipinski definition) is 1. The molecule has 23 heavy (non-hydrogen) atoms. The summed E-state index contributed by atoms with van der Waals surface area (Å²) in [7, 11) is 0. The van der Waals surface area contributed by atoms with Crippen LogP contribution in [0.4, 0.5) is 18.0 Å². The van der Waals surface area contributed by atoms with Crippen LogP contribution in [0.25, 0.3) is 11.3 Å². The summed E-state index contributed by atoms with van der Waals surface area (Å²) in [5.41, 5.74) is 1.12. The number of nitrogens with zero attached hydrogens (tertiary/aromatic N) is 3. The maximum absolute atomic E-state index is 12.6. The molecule has 3 rings (SSSR count). The molecule has 1 amide bonds. The molecule has 2 heterocycles. The standard InChI is InChI=1S/C15H14F3N3O2/c1-9-13-8-12(19-21(13)7-6-20(9)14(22)23)10-2-4-11(5-3-10)15(16,17)18/h2-5,8-9H,6-7H2,1H3,(H,22,23). The second kappa shape index (κ2) is 5.29. The molecule has 2 aromatic rings. The van der Waals surface area contributed by atoms with Gasteiger partial charge in [0.2, 0.25) is 0 Å². The molecular weight excluding hydrogens is 311 g/mol. The number of hydrogen-bond acceptors (Lipinski definition) is 2.